The van der Waals surface area contributed by atoms with E-state index >= 15 is 0 Å². The summed E-state index contributed by atoms with van der Waals surface area (Å²) in [5, 5.41) is 5.48. The zero-order chi connectivity index (χ0) is 11.8. The quantitative estimate of drug-likeness (QED) is 0.907. The molecule has 0 aliphatic heterocycles. The Hall–Kier alpha value is -1.62. The topological polar surface area (TPSA) is 55.1 Å². The van der Waals surface area contributed by atoms with Crippen LogP contribution in [-0.2, 0) is 0 Å². The van der Waals surface area contributed by atoms with Crippen molar-refractivity contribution in [2.75, 3.05) is 5.32 Å². The normalized spacial score (nSPS) is 14.9. The number of rotatable bonds is 3. The molecule has 0 bridgehead atoms. The van der Waals surface area contributed by atoms with Crippen molar-refractivity contribution in [1.29, 1.82) is 0 Å². The second-order valence-corrected chi connectivity index (χ2v) is 5.05. The summed E-state index contributed by atoms with van der Waals surface area (Å²) in [6.07, 6.45) is 3.96. The number of nitrogens with one attached hydrogen (secondary N) is 1. The number of nitrogens with zero attached hydrogens (tertiary/aromatic N) is 1. The molecule has 1 fully saturated rings. The molecule has 1 N–H and O–H groups in total. The SMILES string of the molecule is Cc1occc1C(=O)Nc1nc(C2CC2)cs1. The third kappa shape index (κ3) is 2.10. The summed E-state index contributed by atoms with van der Waals surface area (Å²) >= 11 is 1.48. The minimum Gasteiger partial charge on any atom is -0.469 e. The number of carbonyl (C=O) groups excluding carboxylic acids is 1. The average Bonchev–Trinajstić information content (AvgIpc) is 2.90. The number of anilines is 1. The molecule has 0 spiro atoms. The lowest BCUT2D eigenvalue weighted by atomic mass is 10.2. The van der Waals surface area contributed by atoms with Crippen LogP contribution < -0.4 is 5.32 Å². The van der Waals surface area contributed by atoms with E-state index in [1.807, 2.05) is 5.38 Å². The monoisotopic (exact) mass is 248 g/mol. The van der Waals surface area contributed by atoms with Crippen molar-refractivity contribution in [2.45, 2.75) is 25.7 Å². The van der Waals surface area contributed by atoms with Crippen LogP contribution in [-0.4, -0.2) is 10.9 Å². The molecule has 3 rings (SSSR count). The summed E-state index contributed by atoms with van der Waals surface area (Å²) in [7, 11) is 0. The zero-order valence-corrected chi connectivity index (χ0v) is 10.2. The maximum absolute atomic E-state index is 11.9. The third-order valence-corrected chi connectivity index (χ3v) is 3.62. The molecule has 0 saturated heterocycles. The number of amides is 1. The van der Waals surface area contributed by atoms with E-state index in [0.717, 1.165) is 5.69 Å². The van der Waals surface area contributed by atoms with Gasteiger partial charge < -0.3 is 4.42 Å². The Kier molecular flexibility index (Phi) is 2.48. The molecule has 17 heavy (non-hydrogen) atoms. The first-order chi connectivity index (χ1) is 8.24. The minimum atomic E-state index is -0.159. The van der Waals surface area contributed by atoms with E-state index in [2.05, 4.69) is 10.3 Å². The van der Waals surface area contributed by atoms with E-state index < -0.39 is 0 Å². The molecule has 2 aromatic heterocycles. The number of hydrogen-bond donors (Lipinski definition) is 1. The van der Waals surface area contributed by atoms with Gasteiger partial charge in [0.15, 0.2) is 5.13 Å². The van der Waals surface area contributed by atoms with Gasteiger partial charge in [-0.05, 0) is 25.8 Å². The predicted molar refractivity (Wildman–Crippen MR) is 65.5 cm³/mol. The summed E-state index contributed by atoms with van der Waals surface area (Å²) in [5.74, 6) is 1.09. The maximum Gasteiger partial charge on any atom is 0.260 e. The van der Waals surface area contributed by atoms with Gasteiger partial charge in [-0.25, -0.2) is 4.98 Å². The van der Waals surface area contributed by atoms with E-state index in [0.29, 0.717) is 22.4 Å². The highest BCUT2D eigenvalue weighted by atomic mass is 32.1. The Morgan fingerprint density at radius 1 is 1.59 bits per heavy atom. The van der Waals surface area contributed by atoms with Crippen LogP contribution in [0.1, 0.15) is 40.6 Å². The van der Waals surface area contributed by atoms with Crippen molar-refractivity contribution in [3.05, 3.63) is 34.7 Å². The highest BCUT2D eigenvalue weighted by Crippen LogP contribution is 2.40. The minimum absolute atomic E-state index is 0.159. The van der Waals surface area contributed by atoms with Gasteiger partial charge in [0, 0.05) is 11.3 Å². The van der Waals surface area contributed by atoms with Gasteiger partial charge in [0.1, 0.15) is 5.76 Å². The molecule has 1 saturated carbocycles. The largest absolute Gasteiger partial charge is 0.469 e. The van der Waals surface area contributed by atoms with Crippen LogP contribution >= 0.6 is 11.3 Å². The van der Waals surface area contributed by atoms with E-state index in [9.17, 15) is 4.79 Å². The lowest BCUT2D eigenvalue weighted by Crippen LogP contribution is -2.11. The van der Waals surface area contributed by atoms with Gasteiger partial charge in [-0.15, -0.1) is 11.3 Å². The lowest BCUT2D eigenvalue weighted by molar-refractivity contribution is 0.102. The number of aromatic nitrogens is 1. The molecule has 0 radical (unpaired) electrons. The first-order valence-corrected chi connectivity index (χ1v) is 6.43. The number of carbonyl (C=O) groups is 1. The molecule has 5 heteroatoms. The number of furan rings is 1. The highest BCUT2D eigenvalue weighted by molar-refractivity contribution is 7.14. The maximum atomic E-state index is 11.9. The molecule has 0 aromatic carbocycles. The van der Waals surface area contributed by atoms with Gasteiger partial charge in [-0.3, -0.25) is 10.1 Å². The third-order valence-electron chi connectivity index (χ3n) is 2.84. The molecule has 88 valence electrons. The molecule has 2 heterocycles. The van der Waals surface area contributed by atoms with Crippen molar-refractivity contribution < 1.29 is 9.21 Å². The first-order valence-electron chi connectivity index (χ1n) is 5.55. The molecule has 0 unspecified atom stereocenters. The fraction of sp³-hybridized carbons (Fsp3) is 0.333. The Labute approximate surface area is 103 Å². The van der Waals surface area contributed by atoms with E-state index in [1.165, 1.54) is 30.4 Å². The smallest absolute Gasteiger partial charge is 0.260 e. The Bertz CT molecular complexity index is 554. The molecule has 2 aromatic rings. The van der Waals surface area contributed by atoms with Crippen LogP contribution in [0.25, 0.3) is 0 Å². The van der Waals surface area contributed by atoms with Crippen molar-refractivity contribution in [1.82, 2.24) is 4.98 Å². The fourth-order valence-electron chi connectivity index (χ4n) is 1.70. The lowest BCUT2D eigenvalue weighted by Gasteiger charge is -1.99. The van der Waals surface area contributed by atoms with Crippen molar-refractivity contribution >= 4 is 22.4 Å². The second kappa shape index (κ2) is 4.00. The van der Waals surface area contributed by atoms with Crippen LogP contribution in [0.4, 0.5) is 5.13 Å². The molecule has 4 nitrogen and oxygen atoms in total. The van der Waals surface area contributed by atoms with Crippen LogP contribution in [0.3, 0.4) is 0 Å². The zero-order valence-electron chi connectivity index (χ0n) is 9.40. The molecule has 1 amide bonds. The summed E-state index contributed by atoms with van der Waals surface area (Å²) in [6.45, 7) is 1.77. The van der Waals surface area contributed by atoms with Crippen LogP contribution in [0.15, 0.2) is 22.1 Å². The standard InChI is InChI=1S/C12H12N2O2S/c1-7-9(4-5-16-7)11(15)14-12-13-10(6-17-12)8-2-3-8/h4-6,8H,2-3H2,1H3,(H,13,14,15). The number of aryl methyl sites for hydroxylation is 1. The Balaban J connectivity index is 1.73. The predicted octanol–water partition coefficient (Wildman–Crippen LogP) is 3.17. The first kappa shape index (κ1) is 10.5. The average molecular weight is 248 g/mol. The summed E-state index contributed by atoms with van der Waals surface area (Å²) in [6, 6.07) is 1.67. The van der Waals surface area contributed by atoms with E-state index in [4.69, 9.17) is 4.42 Å². The fourth-order valence-corrected chi connectivity index (χ4v) is 2.48. The van der Waals surface area contributed by atoms with Gasteiger partial charge in [-0.2, -0.15) is 0 Å². The second-order valence-electron chi connectivity index (χ2n) is 4.20. The van der Waals surface area contributed by atoms with Gasteiger partial charge >= 0.3 is 0 Å². The molecular weight excluding hydrogens is 236 g/mol. The van der Waals surface area contributed by atoms with E-state index in [-0.39, 0.29) is 5.91 Å². The van der Waals surface area contributed by atoms with Gasteiger partial charge in [0.2, 0.25) is 0 Å². The molecule has 1 aliphatic carbocycles. The summed E-state index contributed by atoms with van der Waals surface area (Å²) in [5.41, 5.74) is 1.67. The van der Waals surface area contributed by atoms with Crippen molar-refractivity contribution in [3.8, 4) is 0 Å². The summed E-state index contributed by atoms with van der Waals surface area (Å²) < 4.78 is 5.10. The van der Waals surface area contributed by atoms with Crippen molar-refractivity contribution in [3.63, 3.8) is 0 Å². The van der Waals surface area contributed by atoms with Gasteiger partial charge in [0.05, 0.1) is 17.5 Å². The van der Waals surface area contributed by atoms with Crippen LogP contribution in [0, 0.1) is 6.92 Å². The van der Waals surface area contributed by atoms with Gasteiger partial charge in [0.25, 0.3) is 5.91 Å². The van der Waals surface area contributed by atoms with Gasteiger partial charge in [-0.1, -0.05) is 0 Å². The number of thiazole rings is 1. The molecule has 1 aliphatic rings. The van der Waals surface area contributed by atoms with Crippen LogP contribution in [0.5, 0.6) is 0 Å². The molecular formula is C12H12N2O2S. The van der Waals surface area contributed by atoms with Crippen molar-refractivity contribution in [2.24, 2.45) is 0 Å². The number of hydrogen-bond acceptors (Lipinski definition) is 4. The summed E-state index contributed by atoms with van der Waals surface area (Å²) in [4.78, 5) is 16.3. The Morgan fingerprint density at radius 2 is 2.41 bits per heavy atom. The van der Waals surface area contributed by atoms with E-state index in [1.54, 1.807) is 13.0 Å². The Morgan fingerprint density at radius 3 is 3.06 bits per heavy atom. The van der Waals surface area contributed by atoms with Crippen LogP contribution in [0.2, 0.25) is 0 Å². The highest BCUT2D eigenvalue weighted by Gasteiger charge is 2.26. The molecule has 0 atom stereocenters.